The Balaban J connectivity index is 2.24. The van der Waals surface area contributed by atoms with Crippen molar-refractivity contribution in [2.75, 3.05) is 5.32 Å². The van der Waals surface area contributed by atoms with Gasteiger partial charge in [-0.15, -0.1) is 0 Å². The molecule has 3 N–H and O–H groups in total. The zero-order valence-electron chi connectivity index (χ0n) is 11.7. The van der Waals surface area contributed by atoms with Crippen LogP contribution in [0, 0.1) is 25.2 Å². The van der Waals surface area contributed by atoms with Gasteiger partial charge < -0.3 is 11.1 Å². The molecule has 2 atom stereocenters. The van der Waals surface area contributed by atoms with Crippen LogP contribution in [-0.2, 0) is 0 Å². The fraction of sp³-hybridized carbons (Fsp3) is 0.600. The number of hydrogen-bond donors (Lipinski definition) is 2. The van der Waals surface area contributed by atoms with Gasteiger partial charge in [0.1, 0.15) is 6.07 Å². The van der Waals surface area contributed by atoms with E-state index in [0.29, 0.717) is 5.56 Å². The number of hydrogen-bond acceptors (Lipinski definition) is 4. The average Bonchev–Trinajstić information content (AvgIpc) is 2.54. The van der Waals surface area contributed by atoms with E-state index in [2.05, 4.69) is 16.4 Å². The first-order chi connectivity index (χ1) is 9.11. The van der Waals surface area contributed by atoms with Crippen molar-refractivity contribution >= 4 is 5.69 Å². The summed E-state index contributed by atoms with van der Waals surface area (Å²) < 4.78 is 0. The summed E-state index contributed by atoms with van der Waals surface area (Å²) in [6, 6.07) is 4.62. The normalized spacial score (nSPS) is 23.5. The smallest absolute Gasteiger partial charge is 0.103 e. The lowest BCUT2D eigenvalue weighted by Gasteiger charge is -2.24. The van der Waals surface area contributed by atoms with Gasteiger partial charge in [0.05, 0.1) is 16.9 Å². The van der Waals surface area contributed by atoms with Gasteiger partial charge in [0.15, 0.2) is 0 Å². The van der Waals surface area contributed by atoms with Crippen LogP contribution in [0.3, 0.4) is 0 Å². The van der Waals surface area contributed by atoms with Crippen LogP contribution in [0.15, 0.2) is 6.07 Å². The third kappa shape index (κ3) is 3.24. The predicted octanol–water partition coefficient (Wildman–Crippen LogP) is 2.64. The predicted molar refractivity (Wildman–Crippen MR) is 76.9 cm³/mol. The molecule has 1 aliphatic rings. The SMILES string of the molecule is Cc1cc(NC2CCCCCC2N)c(C#N)c(C)n1. The van der Waals surface area contributed by atoms with Crippen LogP contribution < -0.4 is 11.1 Å². The van der Waals surface area contributed by atoms with Gasteiger partial charge >= 0.3 is 0 Å². The molecule has 2 unspecified atom stereocenters. The average molecular weight is 258 g/mol. The molecule has 0 aliphatic heterocycles. The van der Waals surface area contributed by atoms with Gasteiger partial charge in [-0.05, 0) is 32.8 Å². The Hall–Kier alpha value is -1.60. The molecule has 0 spiro atoms. The van der Waals surface area contributed by atoms with E-state index >= 15 is 0 Å². The highest BCUT2D eigenvalue weighted by Crippen LogP contribution is 2.24. The van der Waals surface area contributed by atoms with Gasteiger partial charge in [0.25, 0.3) is 0 Å². The summed E-state index contributed by atoms with van der Waals surface area (Å²) >= 11 is 0. The van der Waals surface area contributed by atoms with Crippen molar-refractivity contribution in [3.63, 3.8) is 0 Å². The van der Waals surface area contributed by atoms with Gasteiger partial charge in [-0.1, -0.05) is 19.3 Å². The van der Waals surface area contributed by atoms with Gasteiger partial charge in [0.2, 0.25) is 0 Å². The van der Waals surface area contributed by atoms with Crippen LogP contribution in [0.2, 0.25) is 0 Å². The summed E-state index contributed by atoms with van der Waals surface area (Å²) in [5.74, 6) is 0. The highest BCUT2D eigenvalue weighted by atomic mass is 15.0. The van der Waals surface area contributed by atoms with E-state index in [-0.39, 0.29) is 12.1 Å². The maximum atomic E-state index is 9.28. The molecule has 1 aliphatic carbocycles. The molecule has 4 heteroatoms. The first kappa shape index (κ1) is 13.8. The first-order valence-electron chi connectivity index (χ1n) is 7.02. The number of nitrogens with zero attached hydrogens (tertiary/aromatic N) is 2. The quantitative estimate of drug-likeness (QED) is 0.800. The maximum absolute atomic E-state index is 9.28. The lowest BCUT2D eigenvalue weighted by molar-refractivity contribution is 0.528. The van der Waals surface area contributed by atoms with Crippen molar-refractivity contribution in [3.8, 4) is 6.07 Å². The van der Waals surface area contributed by atoms with Crippen LogP contribution in [-0.4, -0.2) is 17.1 Å². The van der Waals surface area contributed by atoms with Crippen LogP contribution in [0.1, 0.15) is 49.1 Å². The van der Waals surface area contributed by atoms with E-state index in [1.165, 1.54) is 19.3 Å². The van der Waals surface area contributed by atoms with Crippen LogP contribution >= 0.6 is 0 Å². The van der Waals surface area contributed by atoms with Gasteiger partial charge in [0, 0.05) is 17.8 Å². The molecule has 4 nitrogen and oxygen atoms in total. The van der Waals surface area contributed by atoms with Crippen molar-refractivity contribution < 1.29 is 0 Å². The Morgan fingerprint density at radius 3 is 2.79 bits per heavy atom. The van der Waals surface area contributed by atoms with Gasteiger partial charge in [-0.2, -0.15) is 5.26 Å². The monoisotopic (exact) mass is 258 g/mol. The van der Waals surface area contributed by atoms with Gasteiger partial charge in [-0.3, -0.25) is 4.98 Å². The minimum absolute atomic E-state index is 0.169. The summed E-state index contributed by atoms with van der Waals surface area (Å²) in [4.78, 5) is 4.34. The zero-order chi connectivity index (χ0) is 13.8. The molecule has 1 heterocycles. The van der Waals surface area contributed by atoms with E-state index < -0.39 is 0 Å². The van der Waals surface area contributed by atoms with Crippen molar-refractivity contribution in [3.05, 3.63) is 23.0 Å². The fourth-order valence-electron chi connectivity index (χ4n) is 2.80. The Kier molecular flexibility index (Phi) is 4.39. The van der Waals surface area contributed by atoms with Gasteiger partial charge in [-0.25, -0.2) is 0 Å². The summed E-state index contributed by atoms with van der Waals surface area (Å²) in [5, 5.41) is 12.8. The minimum Gasteiger partial charge on any atom is -0.380 e. The topological polar surface area (TPSA) is 74.7 Å². The number of nitrogens with one attached hydrogen (secondary N) is 1. The van der Waals surface area contributed by atoms with Crippen molar-refractivity contribution in [1.29, 1.82) is 5.26 Å². The summed E-state index contributed by atoms with van der Waals surface area (Å²) in [7, 11) is 0. The number of aromatic nitrogens is 1. The molecule has 0 saturated heterocycles. The lowest BCUT2D eigenvalue weighted by Crippen LogP contribution is -2.39. The molecule has 1 aromatic rings. The first-order valence-corrected chi connectivity index (χ1v) is 7.02. The second-order valence-electron chi connectivity index (χ2n) is 5.44. The maximum Gasteiger partial charge on any atom is 0.103 e. The summed E-state index contributed by atoms with van der Waals surface area (Å²) in [6.45, 7) is 3.83. The number of nitrogens with two attached hydrogens (primary N) is 1. The highest BCUT2D eigenvalue weighted by Gasteiger charge is 2.21. The summed E-state index contributed by atoms with van der Waals surface area (Å²) in [6.07, 6.45) is 5.80. The molecule has 0 bridgehead atoms. The minimum atomic E-state index is 0.169. The Labute approximate surface area is 115 Å². The number of nitriles is 1. The second kappa shape index (κ2) is 6.03. The lowest BCUT2D eigenvalue weighted by atomic mass is 10.0. The molecular formula is C15H22N4. The number of aryl methyl sites for hydroxylation is 2. The van der Waals surface area contributed by atoms with E-state index in [0.717, 1.165) is 29.9 Å². The molecule has 1 fully saturated rings. The Morgan fingerprint density at radius 1 is 1.32 bits per heavy atom. The van der Waals surface area contributed by atoms with Crippen molar-refractivity contribution in [2.24, 2.45) is 5.73 Å². The number of pyridine rings is 1. The molecule has 0 radical (unpaired) electrons. The Morgan fingerprint density at radius 2 is 2.05 bits per heavy atom. The van der Waals surface area contributed by atoms with Crippen LogP contribution in [0.5, 0.6) is 0 Å². The third-order valence-corrected chi connectivity index (χ3v) is 3.85. The summed E-state index contributed by atoms with van der Waals surface area (Å²) in [5.41, 5.74) is 9.47. The fourth-order valence-corrected chi connectivity index (χ4v) is 2.80. The van der Waals surface area contributed by atoms with Crippen LogP contribution in [0.4, 0.5) is 5.69 Å². The molecular weight excluding hydrogens is 236 g/mol. The largest absolute Gasteiger partial charge is 0.380 e. The van der Waals surface area contributed by atoms with E-state index in [1.54, 1.807) is 0 Å². The van der Waals surface area contributed by atoms with E-state index in [4.69, 9.17) is 5.73 Å². The highest BCUT2D eigenvalue weighted by molar-refractivity contribution is 5.60. The number of rotatable bonds is 2. The second-order valence-corrected chi connectivity index (χ2v) is 5.44. The molecule has 102 valence electrons. The molecule has 0 amide bonds. The molecule has 0 aromatic carbocycles. The third-order valence-electron chi connectivity index (χ3n) is 3.85. The van der Waals surface area contributed by atoms with Crippen molar-refractivity contribution in [2.45, 2.75) is 58.0 Å². The zero-order valence-corrected chi connectivity index (χ0v) is 11.7. The molecule has 19 heavy (non-hydrogen) atoms. The molecule has 2 rings (SSSR count). The van der Waals surface area contributed by atoms with E-state index in [9.17, 15) is 5.26 Å². The van der Waals surface area contributed by atoms with Crippen LogP contribution in [0.25, 0.3) is 0 Å². The number of anilines is 1. The molecule has 1 saturated carbocycles. The van der Waals surface area contributed by atoms with Crippen molar-refractivity contribution in [1.82, 2.24) is 4.98 Å². The standard InChI is InChI=1S/C15H22N4/c1-10-8-15(12(9-16)11(2)18-10)19-14-7-5-3-4-6-13(14)17/h8,13-14H,3-7,17H2,1-2H3,(H,18,19). The van der Waals surface area contributed by atoms with E-state index in [1.807, 2.05) is 19.9 Å². The molecule has 1 aromatic heterocycles. The Bertz CT molecular complexity index is 490.